The van der Waals surface area contributed by atoms with E-state index in [1.165, 1.54) is 24.3 Å². The fourth-order valence-corrected chi connectivity index (χ4v) is 4.77. The first kappa shape index (κ1) is 21.8. The molecule has 2 saturated heterocycles. The minimum Gasteiger partial charge on any atom is -0.406 e. The van der Waals surface area contributed by atoms with Crippen LogP contribution in [0.2, 0.25) is 0 Å². The lowest BCUT2D eigenvalue weighted by atomic mass is 9.77. The molecule has 170 valence electrons. The van der Waals surface area contributed by atoms with Gasteiger partial charge in [-0.3, -0.25) is 4.79 Å². The van der Waals surface area contributed by atoms with Crippen molar-refractivity contribution in [2.75, 3.05) is 31.5 Å². The zero-order chi connectivity index (χ0) is 22.4. The van der Waals surface area contributed by atoms with Crippen LogP contribution >= 0.6 is 0 Å². The van der Waals surface area contributed by atoms with E-state index < -0.39 is 6.36 Å². The van der Waals surface area contributed by atoms with Crippen molar-refractivity contribution in [3.8, 4) is 5.75 Å². The Morgan fingerprint density at radius 3 is 2.10 bits per heavy atom. The molecular weight excluding hydrogens is 411 g/mol. The van der Waals surface area contributed by atoms with Crippen molar-refractivity contribution in [1.29, 1.82) is 0 Å². The maximum atomic E-state index is 12.6. The van der Waals surface area contributed by atoms with Gasteiger partial charge in [-0.25, -0.2) is 4.79 Å². The molecule has 2 aliphatic heterocycles. The second-order valence-corrected chi connectivity index (χ2v) is 9.74. The zero-order valence-electron chi connectivity index (χ0n) is 17.8. The first-order valence-corrected chi connectivity index (χ1v) is 10.7. The number of piperidine rings is 1. The van der Waals surface area contributed by atoms with Gasteiger partial charge in [0.2, 0.25) is 5.91 Å². The normalized spacial score (nSPS) is 24.2. The van der Waals surface area contributed by atoms with Gasteiger partial charge in [-0.1, -0.05) is 13.8 Å². The Bertz CT molecular complexity index is 846. The van der Waals surface area contributed by atoms with Crippen LogP contribution in [0.4, 0.5) is 23.7 Å². The summed E-state index contributed by atoms with van der Waals surface area (Å²) in [5.74, 6) is 0.0900. The summed E-state index contributed by atoms with van der Waals surface area (Å²) in [6.07, 6.45) is -1.11. The van der Waals surface area contributed by atoms with Crippen molar-refractivity contribution in [3.05, 3.63) is 24.3 Å². The Hall–Kier alpha value is -2.45. The lowest BCUT2D eigenvalue weighted by molar-refractivity contribution is -0.274. The van der Waals surface area contributed by atoms with E-state index in [-0.39, 0.29) is 34.4 Å². The van der Waals surface area contributed by atoms with E-state index in [9.17, 15) is 22.8 Å². The molecule has 4 rings (SSSR count). The van der Waals surface area contributed by atoms with Gasteiger partial charge in [0.05, 0.1) is 0 Å². The molecule has 1 unspecified atom stereocenters. The van der Waals surface area contributed by atoms with Gasteiger partial charge in [-0.05, 0) is 60.8 Å². The van der Waals surface area contributed by atoms with Crippen LogP contribution in [-0.2, 0) is 4.79 Å². The monoisotopic (exact) mass is 439 g/mol. The van der Waals surface area contributed by atoms with Gasteiger partial charge in [0.25, 0.3) is 0 Å². The predicted octanol–water partition coefficient (Wildman–Crippen LogP) is 4.48. The average Bonchev–Trinajstić information content (AvgIpc) is 3.14. The molecular formula is C22H28F3N3O3. The number of nitrogens with one attached hydrogen (secondary N) is 1. The van der Waals surface area contributed by atoms with Gasteiger partial charge in [-0.2, -0.15) is 0 Å². The highest BCUT2D eigenvalue weighted by Crippen LogP contribution is 2.53. The van der Waals surface area contributed by atoms with Gasteiger partial charge in [0.1, 0.15) is 5.75 Å². The summed E-state index contributed by atoms with van der Waals surface area (Å²) in [6.45, 7) is 7.00. The van der Waals surface area contributed by atoms with Crippen LogP contribution in [0.5, 0.6) is 5.75 Å². The first-order chi connectivity index (χ1) is 14.5. The number of ether oxygens (including phenoxy) is 1. The van der Waals surface area contributed by atoms with Crippen LogP contribution in [0.25, 0.3) is 0 Å². The summed E-state index contributed by atoms with van der Waals surface area (Å²) >= 11 is 0. The number of carbonyl (C=O) groups is 2. The fraction of sp³-hybridized carbons (Fsp3) is 0.636. The first-order valence-electron chi connectivity index (χ1n) is 10.7. The highest BCUT2D eigenvalue weighted by molar-refractivity contribution is 5.89. The van der Waals surface area contributed by atoms with Crippen LogP contribution in [-0.4, -0.2) is 54.3 Å². The van der Waals surface area contributed by atoms with E-state index in [0.29, 0.717) is 18.8 Å². The standard InChI is InChI=1S/C22H28F3N3O3/c1-20(2)13-17(20)18(29)27-10-7-21(8-11-27)9-12-28(14-21)19(30)26-15-3-5-16(6-4-15)31-22(23,24)25/h3-6,17H,7-14H2,1-2H3,(H,26,30). The molecule has 1 aliphatic carbocycles. The number of benzene rings is 1. The second-order valence-electron chi connectivity index (χ2n) is 9.74. The van der Waals surface area contributed by atoms with Crippen molar-refractivity contribution >= 4 is 17.6 Å². The van der Waals surface area contributed by atoms with Gasteiger partial charge < -0.3 is 19.9 Å². The Morgan fingerprint density at radius 2 is 1.58 bits per heavy atom. The van der Waals surface area contributed by atoms with Crippen LogP contribution in [0.15, 0.2) is 24.3 Å². The minimum atomic E-state index is -4.75. The number of anilines is 1. The van der Waals surface area contributed by atoms with Crippen molar-refractivity contribution < 1.29 is 27.5 Å². The third-order valence-electron chi connectivity index (χ3n) is 7.01. The molecule has 1 N–H and O–H groups in total. The van der Waals surface area contributed by atoms with E-state index in [4.69, 9.17) is 0 Å². The average molecular weight is 439 g/mol. The van der Waals surface area contributed by atoms with Crippen molar-refractivity contribution in [3.63, 3.8) is 0 Å². The maximum absolute atomic E-state index is 12.6. The number of rotatable bonds is 3. The topological polar surface area (TPSA) is 61.9 Å². The van der Waals surface area contributed by atoms with Gasteiger partial charge >= 0.3 is 12.4 Å². The summed E-state index contributed by atoms with van der Waals surface area (Å²) in [4.78, 5) is 29.0. The number of urea groups is 1. The Morgan fingerprint density at radius 1 is 1.03 bits per heavy atom. The molecule has 3 aliphatic rings. The molecule has 3 amide bonds. The third kappa shape index (κ3) is 4.91. The largest absolute Gasteiger partial charge is 0.573 e. The molecule has 0 bridgehead atoms. The molecule has 31 heavy (non-hydrogen) atoms. The minimum absolute atomic E-state index is 0.0393. The van der Waals surface area contributed by atoms with Crippen LogP contribution in [0.1, 0.15) is 39.5 Å². The number of nitrogens with zero attached hydrogens (tertiary/aromatic N) is 2. The summed E-state index contributed by atoms with van der Waals surface area (Å²) < 4.78 is 40.6. The molecule has 9 heteroatoms. The molecule has 1 atom stereocenters. The summed E-state index contributed by atoms with van der Waals surface area (Å²) in [7, 11) is 0. The summed E-state index contributed by atoms with van der Waals surface area (Å²) in [5, 5.41) is 2.74. The van der Waals surface area contributed by atoms with Crippen LogP contribution < -0.4 is 10.1 Å². The van der Waals surface area contributed by atoms with E-state index in [1.807, 2.05) is 4.90 Å². The zero-order valence-corrected chi connectivity index (χ0v) is 17.8. The lowest BCUT2D eigenvalue weighted by Gasteiger charge is -2.39. The molecule has 1 spiro atoms. The fourth-order valence-electron chi connectivity index (χ4n) is 4.77. The Labute approximate surface area is 179 Å². The van der Waals surface area contributed by atoms with E-state index in [2.05, 4.69) is 23.9 Å². The molecule has 1 aromatic carbocycles. The maximum Gasteiger partial charge on any atom is 0.573 e. The van der Waals surface area contributed by atoms with E-state index >= 15 is 0 Å². The Kier molecular flexibility index (Phi) is 5.34. The van der Waals surface area contributed by atoms with Crippen molar-refractivity contribution in [2.24, 2.45) is 16.7 Å². The molecule has 1 aromatic rings. The van der Waals surface area contributed by atoms with Crippen molar-refractivity contribution in [1.82, 2.24) is 9.80 Å². The van der Waals surface area contributed by atoms with Gasteiger partial charge in [0.15, 0.2) is 0 Å². The molecule has 0 radical (unpaired) electrons. The summed E-state index contributed by atoms with van der Waals surface area (Å²) in [6, 6.07) is 4.84. The van der Waals surface area contributed by atoms with Gasteiger partial charge in [0, 0.05) is 37.8 Å². The van der Waals surface area contributed by atoms with Crippen LogP contribution in [0.3, 0.4) is 0 Å². The highest BCUT2D eigenvalue weighted by atomic mass is 19.4. The van der Waals surface area contributed by atoms with E-state index in [1.54, 1.807) is 4.90 Å². The quantitative estimate of drug-likeness (QED) is 0.756. The number of hydrogen-bond acceptors (Lipinski definition) is 3. The number of hydrogen-bond donors (Lipinski definition) is 1. The molecule has 2 heterocycles. The molecule has 1 saturated carbocycles. The molecule has 6 nitrogen and oxygen atoms in total. The number of likely N-dealkylation sites (tertiary alicyclic amines) is 2. The number of halogens is 3. The van der Waals surface area contributed by atoms with Crippen LogP contribution in [0, 0.1) is 16.7 Å². The number of carbonyl (C=O) groups excluding carboxylic acids is 2. The second kappa shape index (κ2) is 7.60. The lowest BCUT2D eigenvalue weighted by Crippen LogP contribution is -2.45. The molecule has 3 fully saturated rings. The highest BCUT2D eigenvalue weighted by Gasteiger charge is 2.53. The smallest absolute Gasteiger partial charge is 0.406 e. The SMILES string of the molecule is CC1(C)CC1C(=O)N1CCC2(CCN(C(=O)Nc3ccc(OC(F)(F)F)cc3)C2)CC1. The van der Waals surface area contributed by atoms with E-state index in [0.717, 1.165) is 38.8 Å². The van der Waals surface area contributed by atoms with Gasteiger partial charge in [-0.15, -0.1) is 13.2 Å². The number of alkyl halides is 3. The Balaban J connectivity index is 1.27. The summed E-state index contributed by atoms with van der Waals surface area (Å²) in [5.41, 5.74) is 0.580. The predicted molar refractivity (Wildman–Crippen MR) is 108 cm³/mol. The van der Waals surface area contributed by atoms with Crippen molar-refractivity contribution in [2.45, 2.75) is 45.9 Å². The number of amides is 3. The molecule has 0 aromatic heterocycles. The third-order valence-corrected chi connectivity index (χ3v) is 7.01.